The van der Waals surface area contributed by atoms with Crippen LogP contribution in [0.1, 0.15) is 11.1 Å². The van der Waals surface area contributed by atoms with Gasteiger partial charge in [0, 0.05) is 5.69 Å². The van der Waals surface area contributed by atoms with Crippen LogP contribution in [0.5, 0.6) is 5.75 Å². The number of anilines is 1. The summed E-state index contributed by atoms with van der Waals surface area (Å²) in [7, 11) is 0. The van der Waals surface area contributed by atoms with Crippen LogP contribution in [0.4, 0.5) is 5.69 Å². The molecule has 0 radical (unpaired) electrons. The monoisotopic (exact) mass is 376 g/mol. The van der Waals surface area contributed by atoms with Gasteiger partial charge in [0.1, 0.15) is 5.75 Å². The highest BCUT2D eigenvalue weighted by Gasteiger charge is 2.07. The summed E-state index contributed by atoms with van der Waals surface area (Å²) in [4.78, 5) is 22.7. The van der Waals surface area contributed by atoms with Gasteiger partial charge < -0.3 is 15.8 Å². The molecule has 3 N–H and O–H groups in total. The Morgan fingerprint density at radius 3 is 2.48 bits per heavy atom. The van der Waals surface area contributed by atoms with Crippen LogP contribution in [-0.4, -0.2) is 18.4 Å². The minimum absolute atomic E-state index is 0.0926. The predicted molar refractivity (Wildman–Crippen MR) is 92.3 cm³/mol. The number of primary amides is 1. The highest BCUT2D eigenvalue weighted by molar-refractivity contribution is 9.10. The Kier molecular flexibility index (Phi) is 5.76. The van der Waals surface area contributed by atoms with Gasteiger partial charge in [0.15, 0.2) is 6.61 Å². The molecule has 0 aliphatic heterocycles. The summed E-state index contributed by atoms with van der Waals surface area (Å²) in [6.07, 6.45) is 0.179. The van der Waals surface area contributed by atoms with E-state index in [2.05, 4.69) is 21.2 Å². The predicted octanol–water partition coefficient (Wildman–Crippen LogP) is 2.80. The number of benzene rings is 2. The van der Waals surface area contributed by atoms with Gasteiger partial charge in [-0.2, -0.15) is 0 Å². The number of aryl methyl sites for hydroxylation is 1. The van der Waals surface area contributed by atoms with Gasteiger partial charge in [-0.15, -0.1) is 0 Å². The number of nitrogens with one attached hydrogen (secondary N) is 1. The van der Waals surface area contributed by atoms with Crippen LogP contribution in [-0.2, 0) is 16.0 Å². The van der Waals surface area contributed by atoms with Gasteiger partial charge in [-0.1, -0.05) is 18.2 Å². The fourth-order valence-corrected chi connectivity index (χ4v) is 2.58. The number of halogens is 1. The van der Waals surface area contributed by atoms with Crippen molar-refractivity contribution in [1.82, 2.24) is 0 Å². The number of nitrogens with two attached hydrogens (primary N) is 1. The zero-order valence-electron chi connectivity index (χ0n) is 12.6. The number of ether oxygens (including phenoxy) is 1. The molecule has 0 bridgehead atoms. The average molecular weight is 377 g/mol. The van der Waals surface area contributed by atoms with Crippen LogP contribution in [0.2, 0.25) is 0 Å². The summed E-state index contributed by atoms with van der Waals surface area (Å²) < 4.78 is 6.29. The first-order valence-electron chi connectivity index (χ1n) is 7.00. The normalized spacial score (nSPS) is 10.2. The summed E-state index contributed by atoms with van der Waals surface area (Å²) >= 11 is 3.40. The molecule has 6 heteroatoms. The second kappa shape index (κ2) is 7.78. The third-order valence-electron chi connectivity index (χ3n) is 3.06. The van der Waals surface area contributed by atoms with E-state index in [1.54, 1.807) is 24.3 Å². The molecule has 0 aliphatic rings. The molecule has 2 amide bonds. The Labute approximate surface area is 143 Å². The van der Waals surface area contributed by atoms with E-state index >= 15 is 0 Å². The largest absolute Gasteiger partial charge is 0.483 e. The number of hydrogen-bond donors (Lipinski definition) is 2. The van der Waals surface area contributed by atoms with E-state index in [0.29, 0.717) is 11.4 Å². The third-order valence-corrected chi connectivity index (χ3v) is 3.68. The minimum Gasteiger partial charge on any atom is -0.483 e. The van der Waals surface area contributed by atoms with Crippen LogP contribution < -0.4 is 15.8 Å². The van der Waals surface area contributed by atoms with Crippen molar-refractivity contribution in [3.63, 3.8) is 0 Å². The van der Waals surface area contributed by atoms with Gasteiger partial charge in [-0.3, -0.25) is 9.59 Å². The molecule has 0 heterocycles. The molecular weight excluding hydrogens is 360 g/mol. The van der Waals surface area contributed by atoms with Gasteiger partial charge in [-0.25, -0.2) is 0 Å². The highest BCUT2D eigenvalue weighted by Crippen LogP contribution is 2.25. The fourth-order valence-electron chi connectivity index (χ4n) is 1.97. The van der Waals surface area contributed by atoms with Crippen molar-refractivity contribution in [3.8, 4) is 5.75 Å². The molecule has 0 aromatic heterocycles. The first-order valence-corrected chi connectivity index (χ1v) is 7.79. The number of carbonyl (C=O) groups excluding carboxylic acids is 2. The molecule has 0 saturated carbocycles. The van der Waals surface area contributed by atoms with Crippen LogP contribution in [0, 0.1) is 6.92 Å². The summed E-state index contributed by atoms with van der Waals surface area (Å²) in [6.45, 7) is 1.88. The van der Waals surface area contributed by atoms with E-state index in [1.165, 1.54) is 0 Å². The molecule has 2 rings (SSSR count). The van der Waals surface area contributed by atoms with E-state index in [0.717, 1.165) is 15.6 Å². The van der Waals surface area contributed by atoms with Gasteiger partial charge in [0.2, 0.25) is 5.91 Å². The third kappa shape index (κ3) is 5.41. The average Bonchev–Trinajstić information content (AvgIpc) is 2.48. The second-order valence-corrected chi connectivity index (χ2v) is 5.97. The first-order chi connectivity index (χ1) is 10.9. The molecule has 0 spiro atoms. The van der Waals surface area contributed by atoms with Crippen molar-refractivity contribution in [2.75, 3.05) is 11.9 Å². The van der Waals surface area contributed by atoms with Gasteiger partial charge >= 0.3 is 0 Å². The molecule has 2 aromatic carbocycles. The summed E-state index contributed by atoms with van der Waals surface area (Å²) in [5.74, 6) is -0.0402. The number of carbonyl (C=O) groups is 2. The number of hydrogen-bond acceptors (Lipinski definition) is 3. The maximum absolute atomic E-state index is 11.9. The highest BCUT2D eigenvalue weighted by atomic mass is 79.9. The molecule has 23 heavy (non-hydrogen) atoms. The summed E-state index contributed by atoms with van der Waals surface area (Å²) in [5, 5.41) is 2.73. The molecule has 0 fully saturated rings. The van der Waals surface area contributed by atoms with Crippen molar-refractivity contribution in [3.05, 3.63) is 58.1 Å². The standard InChI is InChI=1S/C17H17BrN2O3/c1-11-2-7-15(14(18)8-11)23-10-17(22)20-13-5-3-12(4-6-13)9-16(19)21/h2-8H,9-10H2,1H3,(H2,19,21)(H,20,22). The Balaban J connectivity index is 1.88. The van der Waals surface area contributed by atoms with Crippen LogP contribution in [0.25, 0.3) is 0 Å². The zero-order valence-corrected chi connectivity index (χ0v) is 14.2. The molecule has 0 aliphatic carbocycles. The van der Waals surface area contributed by atoms with Crippen molar-refractivity contribution >= 4 is 33.4 Å². The summed E-state index contributed by atoms with van der Waals surface area (Å²) in [5.41, 5.74) is 7.67. The van der Waals surface area contributed by atoms with Gasteiger partial charge in [-0.05, 0) is 58.2 Å². The molecule has 120 valence electrons. The lowest BCUT2D eigenvalue weighted by Crippen LogP contribution is -2.20. The lowest BCUT2D eigenvalue weighted by Gasteiger charge is -2.09. The van der Waals surface area contributed by atoms with Crippen LogP contribution in [0.3, 0.4) is 0 Å². The van der Waals surface area contributed by atoms with Gasteiger partial charge in [0.25, 0.3) is 5.91 Å². The lowest BCUT2D eigenvalue weighted by atomic mass is 10.1. The van der Waals surface area contributed by atoms with Crippen molar-refractivity contribution in [1.29, 1.82) is 0 Å². The molecule has 0 unspecified atom stereocenters. The van der Waals surface area contributed by atoms with Gasteiger partial charge in [0.05, 0.1) is 10.9 Å². The molecule has 0 atom stereocenters. The van der Waals surface area contributed by atoms with Crippen molar-refractivity contribution < 1.29 is 14.3 Å². The Bertz CT molecular complexity index is 714. The number of rotatable bonds is 6. The zero-order chi connectivity index (χ0) is 16.8. The molecule has 0 saturated heterocycles. The van der Waals surface area contributed by atoms with E-state index < -0.39 is 0 Å². The molecular formula is C17H17BrN2O3. The lowest BCUT2D eigenvalue weighted by molar-refractivity contribution is -0.118. The number of amides is 2. The Morgan fingerprint density at radius 1 is 1.17 bits per heavy atom. The van der Waals surface area contributed by atoms with Crippen molar-refractivity contribution in [2.45, 2.75) is 13.3 Å². The maximum Gasteiger partial charge on any atom is 0.262 e. The van der Waals surface area contributed by atoms with E-state index in [9.17, 15) is 9.59 Å². The van der Waals surface area contributed by atoms with Crippen LogP contribution in [0.15, 0.2) is 46.9 Å². The first kappa shape index (κ1) is 17.0. The van der Waals surface area contributed by atoms with E-state index in [1.807, 2.05) is 25.1 Å². The quantitative estimate of drug-likeness (QED) is 0.812. The molecule has 2 aromatic rings. The SMILES string of the molecule is Cc1ccc(OCC(=O)Nc2ccc(CC(N)=O)cc2)c(Br)c1. The van der Waals surface area contributed by atoms with E-state index in [-0.39, 0.29) is 24.8 Å². The maximum atomic E-state index is 11.9. The minimum atomic E-state index is -0.390. The molecule has 5 nitrogen and oxygen atoms in total. The van der Waals surface area contributed by atoms with E-state index in [4.69, 9.17) is 10.5 Å². The second-order valence-electron chi connectivity index (χ2n) is 5.11. The van der Waals surface area contributed by atoms with Crippen LogP contribution >= 0.6 is 15.9 Å². The fraction of sp³-hybridized carbons (Fsp3) is 0.176. The van der Waals surface area contributed by atoms with Crippen molar-refractivity contribution in [2.24, 2.45) is 5.73 Å². The topological polar surface area (TPSA) is 81.4 Å². The Hall–Kier alpha value is -2.34. The Morgan fingerprint density at radius 2 is 1.87 bits per heavy atom. The smallest absolute Gasteiger partial charge is 0.262 e. The summed E-state index contributed by atoms with van der Waals surface area (Å²) in [6, 6.07) is 12.6.